The molecule has 0 spiro atoms. The van der Waals surface area contributed by atoms with Crippen molar-refractivity contribution in [2.45, 2.75) is 38.6 Å². The van der Waals surface area contributed by atoms with E-state index in [0.29, 0.717) is 13.0 Å². The minimum Gasteiger partial charge on any atom is -0.349 e. The van der Waals surface area contributed by atoms with Crippen LogP contribution in [0.15, 0.2) is 42.5 Å². The van der Waals surface area contributed by atoms with Crippen molar-refractivity contribution in [3.8, 4) is 0 Å². The number of rotatable bonds is 6. The largest absolute Gasteiger partial charge is 0.349 e. The van der Waals surface area contributed by atoms with Crippen LogP contribution in [0.4, 0.5) is 0 Å². The third-order valence-corrected chi connectivity index (χ3v) is 4.33. The van der Waals surface area contributed by atoms with Crippen molar-refractivity contribution in [1.82, 2.24) is 5.32 Å². The second-order valence-corrected chi connectivity index (χ2v) is 5.60. The third-order valence-electron chi connectivity index (χ3n) is 4.33. The molecule has 0 heterocycles. The fourth-order valence-electron chi connectivity index (χ4n) is 2.64. The summed E-state index contributed by atoms with van der Waals surface area (Å²) in [5, 5.41) is 5.47. The highest BCUT2D eigenvalue weighted by molar-refractivity contribution is 5.86. The van der Waals surface area contributed by atoms with Crippen LogP contribution in [0, 0.1) is 0 Å². The van der Waals surface area contributed by atoms with E-state index in [4.69, 9.17) is 5.73 Å². The number of carbonyl (C=O) groups excluding carboxylic acids is 1. The number of benzene rings is 2. The van der Waals surface area contributed by atoms with E-state index in [-0.39, 0.29) is 23.9 Å². The first-order valence-corrected chi connectivity index (χ1v) is 7.61. The predicted molar refractivity (Wildman–Crippen MR) is 95.4 cm³/mol. The molecule has 2 rings (SSSR count). The molecule has 0 aromatic heterocycles. The molecule has 22 heavy (non-hydrogen) atoms. The monoisotopic (exact) mass is 320 g/mol. The van der Waals surface area contributed by atoms with Gasteiger partial charge in [-0.15, -0.1) is 12.4 Å². The molecule has 0 bridgehead atoms. The molecule has 3 N–H and O–H groups in total. The Balaban J connectivity index is 0.00000242. The van der Waals surface area contributed by atoms with Gasteiger partial charge in [0.05, 0.1) is 12.0 Å². The summed E-state index contributed by atoms with van der Waals surface area (Å²) in [6.45, 7) is 4.60. The Hall–Kier alpha value is -1.58. The molecular formula is C18H25ClN2O. The van der Waals surface area contributed by atoms with Gasteiger partial charge in [0.2, 0.25) is 5.91 Å². The van der Waals surface area contributed by atoms with Crippen LogP contribution in [0.1, 0.15) is 32.3 Å². The van der Waals surface area contributed by atoms with Crippen LogP contribution in [0.5, 0.6) is 0 Å². The van der Waals surface area contributed by atoms with E-state index in [9.17, 15) is 4.79 Å². The van der Waals surface area contributed by atoms with Crippen molar-refractivity contribution in [3.63, 3.8) is 0 Å². The highest BCUT2D eigenvalue weighted by atomic mass is 35.5. The molecule has 0 atom stereocenters. The Bertz CT molecular complexity index is 615. The Morgan fingerprint density at radius 1 is 1.09 bits per heavy atom. The molecule has 4 heteroatoms. The van der Waals surface area contributed by atoms with E-state index < -0.39 is 0 Å². The molecule has 0 fully saturated rings. The van der Waals surface area contributed by atoms with Gasteiger partial charge in [-0.05, 0) is 29.2 Å². The van der Waals surface area contributed by atoms with E-state index >= 15 is 0 Å². The van der Waals surface area contributed by atoms with Crippen LogP contribution in [-0.4, -0.2) is 18.0 Å². The van der Waals surface area contributed by atoms with Crippen molar-refractivity contribution in [2.24, 2.45) is 5.73 Å². The van der Waals surface area contributed by atoms with Crippen molar-refractivity contribution in [1.29, 1.82) is 0 Å². The predicted octanol–water partition coefficient (Wildman–Crippen LogP) is 3.44. The number of carbonyl (C=O) groups is 1. The number of hydrogen-bond acceptors (Lipinski definition) is 2. The summed E-state index contributed by atoms with van der Waals surface area (Å²) in [5.41, 5.74) is 6.59. The lowest BCUT2D eigenvalue weighted by atomic mass is 9.92. The fraction of sp³-hybridized carbons (Fsp3) is 0.389. The first kappa shape index (κ1) is 18.5. The molecule has 0 aliphatic heterocycles. The third kappa shape index (κ3) is 4.21. The van der Waals surface area contributed by atoms with Crippen LogP contribution < -0.4 is 11.1 Å². The molecule has 2 aromatic rings. The molecule has 0 radical (unpaired) electrons. The number of nitrogens with two attached hydrogens (primary N) is 1. The van der Waals surface area contributed by atoms with Crippen LogP contribution in [0.2, 0.25) is 0 Å². The summed E-state index contributed by atoms with van der Waals surface area (Å²) < 4.78 is 0. The van der Waals surface area contributed by atoms with Gasteiger partial charge >= 0.3 is 0 Å². The highest BCUT2D eigenvalue weighted by Gasteiger charge is 2.26. The summed E-state index contributed by atoms with van der Waals surface area (Å²) in [6.07, 6.45) is 2.10. The number of amides is 1. The van der Waals surface area contributed by atoms with Gasteiger partial charge in [0.1, 0.15) is 0 Å². The average molecular weight is 321 g/mol. The minimum absolute atomic E-state index is 0. The Morgan fingerprint density at radius 2 is 1.73 bits per heavy atom. The van der Waals surface area contributed by atoms with Gasteiger partial charge in [0.25, 0.3) is 0 Å². The van der Waals surface area contributed by atoms with Crippen molar-refractivity contribution in [3.05, 3.63) is 48.0 Å². The van der Waals surface area contributed by atoms with E-state index in [1.54, 1.807) is 0 Å². The second-order valence-electron chi connectivity index (χ2n) is 5.60. The van der Waals surface area contributed by atoms with Gasteiger partial charge in [-0.2, -0.15) is 0 Å². The summed E-state index contributed by atoms with van der Waals surface area (Å²) >= 11 is 0. The van der Waals surface area contributed by atoms with Crippen LogP contribution in [-0.2, 0) is 11.2 Å². The van der Waals surface area contributed by atoms with Crippen LogP contribution >= 0.6 is 12.4 Å². The highest BCUT2D eigenvalue weighted by Crippen LogP contribution is 2.17. The van der Waals surface area contributed by atoms with Gasteiger partial charge in [0, 0.05) is 6.54 Å². The summed E-state index contributed by atoms with van der Waals surface area (Å²) in [4.78, 5) is 12.3. The summed E-state index contributed by atoms with van der Waals surface area (Å²) in [6, 6.07) is 14.3. The standard InChI is InChI=1S/C18H24N2O.ClH/c1-3-18(4-2,13-19)20-17(21)12-14-9-10-15-7-5-6-8-16(15)11-14;/h5-11H,3-4,12-13,19H2,1-2H3,(H,20,21);1H. The van der Waals surface area contributed by atoms with Gasteiger partial charge in [0.15, 0.2) is 0 Å². The molecule has 0 unspecified atom stereocenters. The van der Waals surface area contributed by atoms with Crippen molar-refractivity contribution < 1.29 is 4.79 Å². The SMILES string of the molecule is CCC(CC)(CN)NC(=O)Cc1ccc2ccccc2c1.Cl. The van der Waals surface area contributed by atoms with Crippen molar-refractivity contribution >= 4 is 29.1 Å². The molecular weight excluding hydrogens is 296 g/mol. The summed E-state index contributed by atoms with van der Waals surface area (Å²) in [5.74, 6) is 0.0411. The maximum absolute atomic E-state index is 12.3. The maximum Gasteiger partial charge on any atom is 0.224 e. The normalized spacial score (nSPS) is 11.0. The van der Waals surface area contributed by atoms with Gasteiger partial charge in [-0.25, -0.2) is 0 Å². The molecule has 1 amide bonds. The van der Waals surface area contributed by atoms with E-state index in [1.807, 2.05) is 18.2 Å². The van der Waals surface area contributed by atoms with Crippen LogP contribution in [0.3, 0.4) is 0 Å². The number of nitrogens with one attached hydrogen (secondary N) is 1. The molecule has 0 aliphatic rings. The lowest BCUT2D eigenvalue weighted by Crippen LogP contribution is -2.53. The maximum atomic E-state index is 12.3. The zero-order valence-corrected chi connectivity index (χ0v) is 14.1. The van der Waals surface area contributed by atoms with E-state index in [1.165, 1.54) is 10.8 Å². The van der Waals surface area contributed by atoms with E-state index in [0.717, 1.165) is 18.4 Å². The molecule has 2 aromatic carbocycles. The Kier molecular flexibility index (Phi) is 6.85. The molecule has 3 nitrogen and oxygen atoms in total. The molecule has 0 aliphatic carbocycles. The molecule has 120 valence electrons. The topological polar surface area (TPSA) is 55.1 Å². The lowest BCUT2D eigenvalue weighted by Gasteiger charge is -2.31. The quantitative estimate of drug-likeness (QED) is 0.856. The summed E-state index contributed by atoms with van der Waals surface area (Å²) in [7, 11) is 0. The number of hydrogen-bond donors (Lipinski definition) is 2. The van der Waals surface area contributed by atoms with Gasteiger partial charge in [-0.3, -0.25) is 4.79 Å². The van der Waals surface area contributed by atoms with Crippen LogP contribution in [0.25, 0.3) is 10.8 Å². The fourth-order valence-corrected chi connectivity index (χ4v) is 2.64. The lowest BCUT2D eigenvalue weighted by molar-refractivity contribution is -0.122. The minimum atomic E-state index is -0.270. The number of fused-ring (bicyclic) bond motifs is 1. The van der Waals surface area contributed by atoms with Crippen molar-refractivity contribution in [2.75, 3.05) is 6.54 Å². The first-order valence-electron chi connectivity index (χ1n) is 7.61. The molecule has 0 saturated carbocycles. The zero-order valence-electron chi connectivity index (χ0n) is 13.3. The first-order chi connectivity index (χ1) is 10.1. The second kappa shape index (κ2) is 8.16. The smallest absolute Gasteiger partial charge is 0.224 e. The van der Waals surface area contributed by atoms with E-state index in [2.05, 4.69) is 43.4 Å². The zero-order chi connectivity index (χ0) is 15.3. The van der Waals surface area contributed by atoms with Gasteiger partial charge in [-0.1, -0.05) is 56.3 Å². The molecule has 0 saturated heterocycles. The Morgan fingerprint density at radius 3 is 2.32 bits per heavy atom. The average Bonchev–Trinajstić information content (AvgIpc) is 2.52. The Labute approximate surface area is 138 Å². The number of halogens is 1. The van der Waals surface area contributed by atoms with Gasteiger partial charge < -0.3 is 11.1 Å².